The lowest BCUT2D eigenvalue weighted by atomic mass is 10.2. The summed E-state index contributed by atoms with van der Waals surface area (Å²) in [4.78, 5) is 16.4. The molecule has 0 unspecified atom stereocenters. The first-order valence-corrected chi connectivity index (χ1v) is 7.32. The van der Waals surface area contributed by atoms with E-state index in [0.29, 0.717) is 21.3 Å². The normalized spacial score (nSPS) is 10.2. The zero-order valence-electron chi connectivity index (χ0n) is 11.5. The Balaban J connectivity index is 2.25. The van der Waals surface area contributed by atoms with Crippen molar-refractivity contribution in [2.45, 2.75) is 13.3 Å². The van der Waals surface area contributed by atoms with Gasteiger partial charge in [-0.05, 0) is 24.6 Å². The molecule has 1 heterocycles. The maximum atomic E-state index is 12.4. The number of para-hydroxylation sites is 1. The molecule has 0 saturated heterocycles. The number of hydrogen-bond acceptors (Lipinski definition) is 3. The van der Waals surface area contributed by atoms with Crippen LogP contribution in [0.15, 0.2) is 36.7 Å². The molecule has 1 aromatic heterocycles. The zero-order valence-corrected chi connectivity index (χ0v) is 13.0. The highest BCUT2D eigenvalue weighted by atomic mass is 35.5. The molecule has 2 rings (SSSR count). The Hall–Kier alpha value is -1.78. The first kappa shape index (κ1) is 15.6. The largest absolute Gasteiger partial charge is 0.384 e. The number of nitrogens with one attached hydrogen (secondary N) is 2. The Bertz CT molecular complexity index is 626. The molecule has 1 aromatic carbocycles. The van der Waals surface area contributed by atoms with Crippen molar-refractivity contribution in [3.8, 4) is 0 Å². The number of halogens is 2. The molecule has 0 atom stereocenters. The third kappa shape index (κ3) is 3.86. The molecule has 2 N–H and O–H groups in total. The molecular weight excluding hydrogens is 309 g/mol. The topological polar surface area (TPSA) is 54.0 Å². The van der Waals surface area contributed by atoms with Gasteiger partial charge in [0.25, 0.3) is 5.91 Å². The van der Waals surface area contributed by atoms with Crippen LogP contribution in [0, 0.1) is 0 Å². The highest BCUT2D eigenvalue weighted by Gasteiger charge is 2.14. The lowest BCUT2D eigenvalue weighted by Crippen LogP contribution is -2.16. The molecule has 1 amide bonds. The molecule has 4 nitrogen and oxygen atoms in total. The van der Waals surface area contributed by atoms with E-state index in [1.807, 2.05) is 0 Å². The van der Waals surface area contributed by atoms with Crippen LogP contribution in [0.1, 0.15) is 23.7 Å². The van der Waals surface area contributed by atoms with Crippen LogP contribution in [-0.2, 0) is 0 Å². The predicted octanol–water partition coefficient (Wildman–Crippen LogP) is 4.46. The third-order valence-corrected chi connectivity index (χ3v) is 3.46. The van der Waals surface area contributed by atoms with Crippen LogP contribution in [0.25, 0.3) is 0 Å². The second-order valence-electron chi connectivity index (χ2n) is 4.40. The Morgan fingerprint density at radius 1 is 1.24 bits per heavy atom. The van der Waals surface area contributed by atoms with Crippen molar-refractivity contribution in [3.63, 3.8) is 0 Å². The second kappa shape index (κ2) is 7.29. The number of aromatic nitrogens is 1. The molecule has 0 saturated carbocycles. The summed E-state index contributed by atoms with van der Waals surface area (Å²) in [6, 6.07) is 6.82. The number of hydrogen-bond donors (Lipinski definition) is 2. The van der Waals surface area contributed by atoms with Gasteiger partial charge in [0, 0.05) is 18.9 Å². The van der Waals surface area contributed by atoms with Crippen molar-refractivity contribution in [1.82, 2.24) is 4.98 Å². The van der Waals surface area contributed by atoms with E-state index in [4.69, 9.17) is 23.2 Å². The van der Waals surface area contributed by atoms with Crippen molar-refractivity contribution in [1.29, 1.82) is 0 Å². The third-order valence-electron chi connectivity index (χ3n) is 2.83. The van der Waals surface area contributed by atoms with Gasteiger partial charge >= 0.3 is 0 Å². The highest BCUT2D eigenvalue weighted by molar-refractivity contribution is 6.40. The van der Waals surface area contributed by atoms with Crippen molar-refractivity contribution >= 4 is 40.5 Å². The van der Waals surface area contributed by atoms with Crippen molar-refractivity contribution in [2.24, 2.45) is 0 Å². The first-order valence-electron chi connectivity index (χ1n) is 6.56. The Morgan fingerprint density at radius 3 is 2.62 bits per heavy atom. The van der Waals surface area contributed by atoms with E-state index in [1.54, 1.807) is 30.5 Å². The van der Waals surface area contributed by atoms with E-state index in [2.05, 4.69) is 22.5 Å². The Morgan fingerprint density at radius 2 is 1.95 bits per heavy atom. The fourth-order valence-corrected chi connectivity index (χ4v) is 2.28. The van der Waals surface area contributed by atoms with E-state index in [9.17, 15) is 4.79 Å². The van der Waals surface area contributed by atoms with Crippen LogP contribution in [-0.4, -0.2) is 17.4 Å². The molecule has 0 aliphatic heterocycles. The van der Waals surface area contributed by atoms with Gasteiger partial charge < -0.3 is 10.6 Å². The van der Waals surface area contributed by atoms with Crippen LogP contribution in [0.5, 0.6) is 0 Å². The summed E-state index contributed by atoms with van der Waals surface area (Å²) in [7, 11) is 0. The van der Waals surface area contributed by atoms with Crippen LogP contribution < -0.4 is 10.6 Å². The van der Waals surface area contributed by atoms with E-state index in [-0.39, 0.29) is 5.91 Å². The summed E-state index contributed by atoms with van der Waals surface area (Å²) in [5.41, 5.74) is 1.57. The Kier molecular flexibility index (Phi) is 5.42. The highest BCUT2D eigenvalue weighted by Crippen LogP contribution is 2.30. The van der Waals surface area contributed by atoms with E-state index < -0.39 is 0 Å². The van der Waals surface area contributed by atoms with Crippen LogP contribution in [0.3, 0.4) is 0 Å². The van der Waals surface area contributed by atoms with Gasteiger partial charge in [0.15, 0.2) is 0 Å². The number of carbonyl (C=O) groups is 1. The summed E-state index contributed by atoms with van der Waals surface area (Å²) in [5, 5.41) is 6.70. The van der Waals surface area contributed by atoms with Crippen LogP contribution in [0.4, 0.5) is 11.4 Å². The van der Waals surface area contributed by atoms with E-state index in [0.717, 1.165) is 18.7 Å². The molecule has 0 spiro atoms. The second-order valence-corrected chi connectivity index (χ2v) is 5.21. The van der Waals surface area contributed by atoms with Gasteiger partial charge in [-0.2, -0.15) is 0 Å². The van der Waals surface area contributed by atoms with Gasteiger partial charge in [0.1, 0.15) is 0 Å². The smallest absolute Gasteiger partial charge is 0.259 e. The minimum atomic E-state index is -0.309. The van der Waals surface area contributed by atoms with Gasteiger partial charge in [-0.3, -0.25) is 9.78 Å². The summed E-state index contributed by atoms with van der Waals surface area (Å²) < 4.78 is 0. The molecule has 0 fully saturated rings. The van der Waals surface area contributed by atoms with E-state index >= 15 is 0 Å². The zero-order chi connectivity index (χ0) is 15.2. The maximum absolute atomic E-state index is 12.4. The average Bonchev–Trinajstić information content (AvgIpc) is 2.49. The fourth-order valence-electron chi connectivity index (χ4n) is 1.79. The number of rotatable bonds is 5. The summed E-state index contributed by atoms with van der Waals surface area (Å²) in [5.74, 6) is -0.309. The lowest BCUT2D eigenvalue weighted by Gasteiger charge is -2.12. The summed E-state index contributed by atoms with van der Waals surface area (Å²) >= 11 is 12.1. The number of amides is 1. The molecule has 21 heavy (non-hydrogen) atoms. The molecule has 6 heteroatoms. The quantitative estimate of drug-likeness (QED) is 0.853. The number of carbonyl (C=O) groups excluding carboxylic acids is 1. The molecule has 0 radical (unpaired) electrons. The number of nitrogens with zero attached hydrogens (tertiary/aromatic N) is 1. The number of anilines is 2. The predicted molar refractivity (Wildman–Crippen MR) is 87.4 cm³/mol. The summed E-state index contributed by atoms with van der Waals surface area (Å²) in [6.07, 6.45) is 4.11. The van der Waals surface area contributed by atoms with Gasteiger partial charge in [-0.25, -0.2) is 0 Å². The molecule has 0 aliphatic rings. The molecule has 0 bridgehead atoms. The SMILES string of the molecule is CCCNc1ccncc1C(=O)Nc1c(Cl)cccc1Cl. The van der Waals surface area contributed by atoms with Gasteiger partial charge in [0.05, 0.1) is 27.0 Å². The molecular formula is C15H15Cl2N3O. The van der Waals surface area contributed by atoms with Crippen molar-refractivity contribution in [2.75, 3.05) is 17.2 Å². The number of benzene rings is 1. The van der Waals surface area contributed by atoms with Crippen molar-refractivity contribution < 1.29 is 4.79 Å². The average molecular weight is 324 g/mol. The lowest BCUT2D eigenvalue weighted by molar-refractivity contribution is 0.102. The van der Waals surface area contributed by atoms with Crippen molar-refractivity contribution in [3.05, 3.63) is 52.3 Å². The monoisotopic (exact) mass is 323 g/mol. The van der Waals surface area contributed by atoms with E-state index in [1.165, 1.54) is 6.20 Å². The van der Waals surface area contributed by atoms with Gasteiger partial charge in [-0.1, -0.05) is 36.2 Å². The number of pyridine rings is 1. The summed E-state index contributed by atoms with van der Waals surface area (Å²) in [6.45, 7) is 2.83. The minimum Gasteiger partial charge on any atom is -0.384 e. The molecule has 110 valence electrons. The molecule has 0 aliphatic carbocycles. The van der Waals surface area contributed by atoms with Gasteiger partial charge in [0.2, 0.25) is 0 Å². The molecule has 2 aromatic rings. The minimum absolute atomic E-state index is 0.309. The van der Waals surface area contributed by atoms with Crippen LogP contribution >= 0.6 is 23.2 Å². The Labute approximate surface area is 133 Å². The van der Waals surface area contributed by atoms with Crippen LogP contribution in [0.2, 0.25) is 10.0 Å². The standard InChI is InChI=1S/C15H15Cl2N3O/c1-2-7-19-13-6-8-18-9-10(13)15(21)20-14-11(16)4-3-5-12(14)17/h3-6,8-9H,2,7H2,1H3,(H,18,19)(H,20,21). The van der Waals surface area contributed by atoms with Gasteiger partial charge in [-0.15, -0.1) is 0 Å². The first-order chi connectivity index (χ1) is 10.1. The maximum Gasteiger partial charge on any atom is 0.259 e. The fraction of sp³-hybridized carbons (Fsp3) is 0.200.